The van der Waals surface area contributed by atoms with Crippen LogP contribution in [0.2, 0.25) is 0 Å². The molecule has 4 fully saturated rings. The molecule has 19 nitrogen and oxygen atoms in total. The molecular formula is C58H76N14O5. The summed E-state index contributed by atoms with van der Waals surface area (Å²) in [5.74, 6) is 2.51. The fraction of sp³-hybridized carbons (Fsp3) is 0.500. The average Bonchev–Trinajstić information content (AvgIpc) is 4.22. The van der Waals surface area contributed by atoms with Gasteiger partial charge in [0.25, 0.3) is 11.1 Å². The van der Waals surface area contributed by atoms with Gasteiger partial charge < -0.3 is 40.1 Å². The van der Waals surface area contributed by atoms with Gasteiger partial charge >= 0.3 is 6.09 Å². The van der Waals surface area contributed by atoms with Crippen LogP contribution in [0.5, 0.6) is 0 Å². The summed E-state index contributed by atoms with van der Waals surface area (Å²) < 4.78 is 15.1. The van der Waals surface area contributed by atoms with Crippen LogP contribution in [-0.4, -0.2) is 115 Å². The second-order valence-corrected chi connectivity index (χ2v) is 21.7. The molecule has 0 aromatic carbocycles. The number of anilines is 6. The fourth-order valence-corrected chi connectivity index (χ4v) is 11.0. The van der Waals surface area contributed by atoms with E-state index in [2.05, 4.69) is 71.8 Å². The number of hydrogen-bond acceptors (Lipinski definition) is 16. The van der Waals surface area contributed by atoms with E-state index in [-0.39, 0.29) is 29.3 Å². The van der Waals surface area contributed by atoms with Crippen molar-refractivity contribution < 1.29 is 14.3 Å². The molecule has 3 N–H and O–H groups in total. The van der Waals surface area contributed by atoms with Gasteiger partial charge in [0.1, 0.15) is 34.3 Å². The fourth-order valence-electron chi connectivity index (χ4n) is 11.0. The number of aryl methyl sites for hydroxylation is 2. The first kappa shape index (κ1) is 54.4. The van der Waals surface area contributed by atoms with Gasteiger partial charge in [0.15, 0.2) is 0 Å². The van der Waals surface area contributed by atoms with Crippen LogP contribution >= 0.6 is 0 Å². The van der Waals surface area contributed by atoms with Crippen molar-refractivity contribution in [2.75, 3.05) is 79.4 Å². The Kier molecular flexibility index (Phi) is 16.9. The number of carbonyl (C=O) groups is 1. The number of nitrogens with one attached hydrogen (secondary N) is 3. The molecule has 2 aliphatic heterocycles. The lowest BCUT2D eigenvalue weighted by molar-refractivity contribution is 0.0240. The Morgan fingerprint density at radius 1 is 0.688 bits per heavy atom. The summed E-state index contributed by atoms with van der Waals surface area (Å²) in [4.78, 5) is 74.1. The largest absolute Gasteiger partial charge is 0.493 e. The number of ether oxygens (including phenoxy) is 2. The van der Waals surface area contributed by atoms with Gasteiger partial charge in [-0.15, -0.1) is 0 Å². The summed E-state index contributed by atoms with van der Waals surface area (Å²) in [6, 6.07) is 8.14. The molecule has 408 valence electrons. The van der Waals surface area contributed by atoms with Crippen LogP contribution in [0.15, 0.2) is 71.8 Å². The average molecular weight is 1050 g/mol. The zero-order valence-electron chi connectivity index (χ0n) is 46.1. The molecule has 10 rings (SSSR count). The Hall–Kier alpha value is -7.41. The molecule has 19 heteroatoms. The van der Waals surface area contributed by atoms with Crippen LogP contribution in [-0.2, 0) is 9.47 Å². The minimum Gasteiger partial charge on any atom is -0.493 e. The van der Waals surface area contributed by atoms with Crippen molar-refractivity contribution in [1.82, 2.24) is 49.3 Å². The van der Waals surface area contributed by atoms with Gasteiger partial charge in [0.05, 0.1) is 35.9 Å². The summed E-state index contributed by atoms with van der Waals surface area (Å²) in [6.07, 6.45) is 17.2. The summed E-state index contributed by atoms with van der Waals surface area (Å²) >= 11 is 0. The Bertz CT molecular complexity index is 3210. The highest BCUT2D eigenvalue weighted by Gasteiger charge is 2.29. The molecular weight excluding hydrogens is 973 g/mol. The second kappa shape index (κ2) is 23.9. The Morgan fingerprint density at radius 3 is 1.62 bits per heavy atom. The van der Waals surface area contributed by atoms with Crippen molar-refractivity contribution in [2.45, 2.75) is 130 Å². The highest BCUT2D eigenvalue weighted by Crippen LogP contribution is 2.35. The standard InChI is InChI=1S/C33H45N7O4.C25H31N7O/c1-7-8-19-43-23(3)28-22(2)26-21-35-31(37-29(26)40(30(28)41)24-11-9-10-12-24)36-27-14-13-25(20-34-27)38-15-17-39(18-16-38)32(42)44-33(4,5)6;1-16(2)22-17(3)20-15-28-25(30-23(20)32(24(22)33)18-6-4-5-7-18)29-21-9-8-19(14-27-21)31-12-10-26-11-13-31/h13-14,20-21,24H,3,7-12,15-19H2,1-2,4-6H3,(H,34,35,36,37);8-9,14-15,18,26H,1,4-7,10-13H2,2-3H3,(H,27,28,29,30). The number of rotatable bonds is 14. The number of nitrogens with zero attached hydrogens (tertiary/aromatic N) is 11. The van der Waals surface area contributed by atoms with Gasteiger partial charge in [-0.25, -0.2) is 24.7 Å². The summed E-state index contributed by atoms with van der Waals surface area (Å²) in [5, 5.41) is 11.5. The van der Waals surface area contributed by atoms with Crippen LogP contribution in [0.4, 0.5) is 39.7 Å². The van der Waals surface area contributed by atoms with Crippen LogP contribution < -0.4 is 36.9 Å². The molecule has 0 unspecified atom stereocenters. The molecule has 1 amide bonds. The SMILES string of the molecule is C=C(C)c1c(C)c2cnc(Nc3ccc(N4CCNCC4)cn3)nc2n(C2CCCC2)c1=O.C=C(OCCCC)c1c(C)c2cnc(Nc3ccc(N4CCN(C(=O)OC(C)(C)C)CC4)cn3)nc2n(C2CCCC2)c1=O. The normalized spacial score (nSPS) is 16.4. The number of allylic oxidation sites excluding steroid dienone is 1. The summed E-state index contributed by atoms with van der Waals surface area (Å²) in [6.45, 7) is 28.7. The number of carbonyl (C=O) groups excluding carboxylic acids is 1. The van der Waals surface area contributed by atoms with E-state index >= 15 is 0 Å². The van der Waals surface area contributed by atoms with Crippen LogP contribution in [0.3, 0.4) is 0 Å². The first-order valence-corrected chi connectivity index (χ1v) is 27.5. The minimum atomic E-state index is -0.510. The molecule has 2 saturated heterocycles. The molecule has 6 aromatic heterocycles. The number of hydrogen-bond donors (Lipinski definition) is 3. The molecule has 2 saturated carbocycles. The van der Waals surface area contributed by atoms with Crippen molar-refractivity contribution in [3.63, 3.8) is 0 Å². The highest BCUT2D eigenvalue weighted by atomic mass is 16.6. The van der Waals surface area contributed by atoms with Gasteiger partial charge in [-0.05, 0) is 115 Å². The number of unbranched alkanes of at least 4 members (excludes halogenated alkanes) is 1. The molecule has 77 heavy (non-hydrogen) atoms. The Labute approximate surface area is 451 Å². The Balaban J connectivity index is 0.000000195. The van der Waals surface area contributed by atoms with Crippen molar-refractivity contribution in [3.05, 3.63) is 105 Å². The predicted molar refractivity (Wildman–Crippen MR) is 307 cm³/mol. The molecule has 0 bridgehead atoms. The maximum atomic E-state index is 13.9. The quantitative estimate of drug-likeness (QED) is 0.0686. The lowest BCUT2D eigenvalue weighted by Crippen LogP contribution is -2.50. The zero-order chi connectivity index (χ0) is 54.4. The number of pyridine rings is 4. The predicted octanol–water partition coefficient (Wildman–Crippen LogP) is 9.99. The number of amides is 1. The maximum Gasteiger partial charge on any atom is 0.410 e. The van der Waals surface area contributed by atoms with Crippen LogP contribution in [0.1, 0.15) is 133 Å². The maximum absolute atomic E-state index is 13.9. The van der Waals surface area contributed by atoms with Crippen LogP contribution in [0, 0.1) is 13.8 Å². The topological polar surface area (TPSA) is 203 Å². The van der Waals surface area contributed by atoms with Gasteiger partial charge in [0, 0.05) is 93.2 Å². The first-order chi connectivity index (χ1) is 37.1. The van der Waals surface area contributed by atoms with E-state index in [1.807, 2.05) is 87.5 Å². The van der Waals surface area contributed by atoms with Crippen molar-refractivity contribution in [2.24, 2.45) is 0 Å². The van der Waals surface area contributed by atoms with E-state index in [9.17, 15) is 14.4 Å². The first-order valence-electron chi connectivity index (χ1n) is 27.5. The van der Waals surface area contributed by atoms with E-state index in [0.29, 0.717) is 84.5 Å². The van der Waals surface area contributed by atoms with Crippen molar-refractivity contribution in [1.29, 1.82) is 0 Å². The smallest absolute Gasteiger partial charge is 0.410 e. The monoisotopic (exact) mass is 1050 g/mol. The van der Waals surface area contributed by atoms with Crippen LogP contribution in [0.25, 0.3) is 33.4 Å². The van der Waals surface area contributed by atoms with Crippen molar-refractivity contribution >= 4 is 74.4 Å². The molecule has 0 radical (unpaired) electrons. The minimum absolute atomic E-state index is 0.00236. The second-order valence-electron chi connectivity index (χ2n) is 21.7. The lowest BCUT2D eigenvalue weighted by atomic mass is 10.0. The highest BCUT2D eigenvalue weighted by molar-refractivity contribution is 5.86. The van der Waals surface area contributed by atoms with Gasteiger partial charge in [-0.1, -0.05) is 52.2 Å². The van der Waals surface area contributed by atoms with E-state index in [0.717, 1.165) is 129 Å². The van der Waals surface area contributed by atoms with E-state index < -0.39 is 5.60 Å². The molecule has 6 aromatic rings. The van der Waals surface area contributed by atoms with E-state index in [1.54, 1.807) is 11.1 Å². The van der Waals surface area contributed by atoms with Gasteiger partial charge in [0.2, 0.25) is 11.9 Å². The number of piperazine rings is 2. The van der Waals surface area contributed by atoms with E-state index in [4.69, 9.17) is 19.4 Å². The third-order valence-corrected chi connectivity index (χ3v) is 15.0. The third-order valence-electron chi connectivity index (χ3n) is 15.0. The number of aromatic nitrogens is 8. The molecule has 8 heterocycles. The van der Waals surface area contributed by atoms with Gasteiger partial charge in [-0.2, -0.15) is 9.97 Å². The third kappa shape index (κ3) is 12.4. The summed E-state index contributed by atoms with van der Waals surface area (Å²) in [7, 11) is 0. The van der Waals surface area contributed by atoms with Crippen molar-refractivity contribution in [3.8, 4) is 0 Å². The summed E-state index contributed by atoms with van der Waals surface area (Å²) in [5.41, 5.74) is 6.40. The number of fused-ring (bicyclic) bond motifs is 2. The molecule has 0 atom stereocenters. The molecule has 4 aliphatic rings. The zero-order valence-corrected chi connectivity index (χ0v) is 46.1. The Morgan fingerprint density at radius 2 is 1.17 bits per heavy atom. The molecule has 0 spiro atoms. The van der Waals surface area contributed by atoms with Gasteiger partial charge in [-0.3, -0.25) is 18.7 Å². The lowest BCUT2D eigenvalue weighted by Gasteiger charge is -2.36. The van der Waals surface area contributed by atoms with E-state index in [1.165, 1.54) is 0 Å². The molecule has 2 aliphatic carbocycles.